The van der Waals surface area contributed by atoms with E-state index in [9.17, 15) is 38.7 Å². The van der Waals surface area contributed by atoms with Gasteiger partial charge in [-0.1, -0.05) is 19.3 Å². The third-order valence-electron chi connectivity index (χ3n) is 6.57. The van der Waals surface area contributed by atoms with Crippen LogP contribution in [0.3, 0.4) is 0 Å². The topological polar surface area (TPSA) is 277 Å². The minimum absolute atomic E-state index is 0.0164. The van der Waals surface area contributed by atoms with Crippen molar-refractivity contribution in [2.24, 2.45) is 0 Å². The van der Waals surface area contributed by atoms with Gasteiger partial charge in [0.2, 0.25) is 17.7 Å². The van der Waals surface area contributed by atoms with Gasteiger partial charge >= 0.3 is 23.9 Å². The molecule has 0 aromatic rings. The number of carbonyl (C=O) groups is 7. The molecule has 0 radical (unpaired) electrons. The van der Waals surface area contributed by atoms with Gasteiger partial charge in [0.05, 0.1) is 39.6 Å². The van der Waals surface area contributed by atoms with Gasteiger partial charge in [0, 0.05) is 46.0 Å². The number of unbranched alkanes of at least 4 members (excludes halogenated alkanes) is 4. The van der Waals surface area contributed by atoms with E-state index in [1.807, 2.05) is 5.32 Å². The highest BCUT2D eigenvalue weighted by Crippen LogP contribution is 2.06. The van der Waals surface area contributed by atoms with E-state index in [0.29, 0.717) is 72.1 Å². The summed E-state index contributed by atoms with van der Waals surface area (Å²) in [5, 5.41) is 39.3. The fraction of sp³-hybridized carbons (Fsp3) is 0.767. The first-order chi connectivity index (χ1) is 23.5. The molecule has 0 spiro atoms. The van der Waals surface area contributed by atoms with E-state index < -0.39 is 48.4 Å². The molecule has 2 unspecified atom stereocenters. The number of hydrogen-bond donors (Lipinski definition) is 8. The van der Waals surface area contributed by atoms with Crippen LogP contribution in [0.5, 0.6) is 0 Å². The van der Waals surface area contributed by atoms with Gasteiger partial charge in [-0.3, -0.25) is 19.2 Å². The lowest BCUT2D eigenvalue weighted by atomic mass is 10.1. The Bertz CT molecular complexity index is 1000. The highest BCUT2D eigenvalue weighted by Gasteiger charge is 2.25. The first kappa shape index (κ1) is 44.9. The number of ether oxygens (including phenoxy) is 4. The minimum atomic E-state index is -1.52. The molecule has 0 aromatic carbocycles. The van der Waals surface area contributed by atoms with Gasteiger partial charge in [-0.25, -0.2) is 14.4 Å². The third kappa shape index (κ3) is 28.6. The summed E-state index contributed by atoms with van der Waals surface area (Å²) in [5.74, 6) is -4.80. The number of rotatable bonds is 32. The molecule has 282 valence electrons. The van der Waals surface area contributed by atoms with Crippen molar-refractivity contribution >= 4 is 41.7 Å². The van der Waals surface area contributed by atoms with Crippen molar-refractivity contribution in [3.63, 3.8) is 0 Å². The predicted octanol–water partition coefficient (Wildman–Crippen LogP) is -0.778. The molecule has 0 fully saturated rings. The Morgan fingerprint density at radius 1 is 0.531 bits per heavy atom. The maximum Gasteiger partial charge on any atom is 0.326 e. The van der Waals surface area contributed by atoms with E-state index in [1.165, 1.54) is 7.11 Å². The lowest BCUT2D eigenvalue weighted by molar-refractivity contribution is -0.141. The molecule has 2 atom stereocenters. The summed E-state index contributed by atoms with van der Waals surface area (Å²) in [4.78, 5) is 80.6. The van der Waals surface area contributed by atoms with Gasteiger partial charge in [-0.2, -0.15) is 0 Å². The molecular formula is C30H53N5O14. The van der Waals surface area contributed by atoms with E-state index in [2.05, 4.69) is 21.3 Å². The average molecular weight is 708 g/mol. The van der Waals surface area contributed by atoms with Gasteiger partial charge in [-0.15, -0.1) is 0 Å². The van der Waals surface area contributed by atoms with Crippen LogP contribution in [-0.4, -0.2) is 142 Å². The number of urea groups is 1. The first-order valence-corrected chi connectivity index (χ1v) is 16.2. The zero-order valence-electron chi connectivity index (χ0n) is 28.1. The largest absolute Gasteiger partial charge is 0.481 e. The van der Waals surface area contributed by atoms with Crippen molar-refractivity contribution < 1.29 is 67.8 Å². The SMILES string of the molecule is COCC(=O)NCCOCCOCCOCCNC(=O)CCCCCCCNC(=O)CCC(NC(=O)NC(CCC(=O)O)C(=O)O)C(=O)O. The second-order valence-corrected chi connectivity index (χ2v) is 10.7. The third-order valence-corrected chi connectivity index (χ3v) is 6.57. The van der Waals surface area contributed by atoms with Crippen LogP contribution in [0.2, 0.25) is 0 Å². The lowest BCUT2D eigenvalue weighted by Gasteiger charge is -2.18. The van der Waals surface area contributed by atoms with Crippen LogP contribution in [0, 0.1) is 0 Å². The van der Waals surface area contributed by atoms with Crippen LogP contribution in [0.25, 0.3) is 0 Å². The molecule has 0 saturated heterocycles. The summed E-state index contributed by atoms with van der Waals surface area (Å²) >= 11 is 0. The Morgan fingerprint density at radius 3 is 1.51 bits per heavy atom. The average Bonchev–Trinajstić information content (AvgIpc) is 3.04. The molecule has 49 heavy (non-hydrogen) atoms. The quantitative estimate of drug-likeness (QED) is 0.0399. The van der Waals surface area contributed by atoms with Crippen LogP contribution >= 0.6 is 0 Å². The van der Waals surface area contributed by atoms with E-state index in [0.717, 1.165) is 25.7 Å². The number of carboxylic acids is 3. The summed E-state index contributed by atoms with van der Waals surface area (Å²) in [5.41, 5.74) is 0. The Morgan fingerprint density at radius 2 is 0.980 bits per heavy atom. The van der Waals surface area contributed by atoms with Crippen LogP contribution < -0.4 is 26.6 Å². The molecule has 5 amide bonds. The summed E-state index contributed by atoms with van der Waals surface area (Å²) in [7, 11) is 1.45. The van der Waals surface area contributed by atoms with Gasteiger partial charge < -0.3 is 60.9 Å². The Kier molecular flexibility index (Phi) is 27.5. The van der Waals surface area contributed by atoms with Gasteiger partial charge in [0.1, 0.15) is 18.7 Å². The molecule has 0 bridgehead atoms. The number of nitrogens with one attached hydrogen (secondary N) is 5. The molecule has 8 N–H and O–H groups in total. The molecule has 0 aliphatic rings. The van der Waals surface area contributed by atoms with Crippen molar-refractivity contribution in [1.29, 1.82) is 0 Å². The Balaban J connectivity index is 3.75. The van der Waals surface area contributed by atoms with Crippen molar-refractivity contribution in [3.8, 4) is 0 Å². The van der Waals surface area contributed by atoms with E-state index >= 15 is 0 Å². The summed E-state index contributed by atoms with van der Waals surface area (Å²) in [6, 6.07) is -4.08. The fourth-order valence-electron chi connectivity index (χ4n) is 4.01. The predicted molar refractivity (Wildman–Crippen MR) is 172 cm³/mol. The lowest BCUT2D eigenvalue weighted by Crippen LogP contribution is -2.51. The second-order valence-electron chi connectivity index (χ2n) is 10.7. The first-order valence-electron chi connectivity index (χ1n) is 16.2. The standard InChI is InChI=1S/C30H53N5O14/c1-46-21-26(38)33-14-16-48-18-20-49-19-17-47-15-13-32-24(36)7-5-3-2-4-6-12-31-25(37)10-8-22(28(41)42)34-30(45)35-23(29(43)44)9-11-27(39)40/h22-23H,2-21H2,1H3,(H,31,37)(H,32,36)(H,33,38)(H,39,40)(H,41,42)(H,43,44)(H2,34,35,45). The van der Waals surface area contributed by atoms with Crippen molar-refractivity contribution in [2.45, 2.75) is 76.3 Å². The van der Waals surface area contributed by atoms with Crippen molar-refractivity contribution in [3.05, 3.63) is 0 Å². The number of amides is 5. The van der Waals surface area contributed by atoms with Crippen LogP contribution in [-0.2, 0) is 47.7 Å². The molecule has 19 heteroatoms. The van der Waals surface area contributed by atoms with Crippen LogP contribution in [0.15, 0.2) is 0 Å². The molecule has 0 saturated carbocycles. The van der Waals surface area contributed by atoms with Gasteiger partial charge in [0.15, 0.2) is 0 Å². The maximum absolute atomic E-state index is 12.1. The number of carbonyl (C=O) groups excluding carboxylic acids is 4. The monoisotopic (exact) mass is 707 g/mol. The highest BCUT2D eigenvalue weighted by atomic mass is 16.5. The molecule has 0 heterocycles. The fourth-order valence-corrected chi connectivity index (χ4v) is 4.01. The van der Waals surface area contributed by atoms with Gasteiger partial charge in [0.25, 0.3) is 0 Å². The minimum Gasteiger partial charge on any atom is -0.481 e. The van der Waals surface area contributed by atoms with E-state index in [-0.39, 0.29) is 37.7 Å². The molecule has 0 aliphatic heterocycles. The zero-order chi connectivity index (χ0) is 36.7. The molecule has 19 nitrogen and oxygen atoms in total. The second kappa shape index (κ2) is 30.0. The zero-order valence-corrected chi connectivity index (χ0v) is 28.1. The molecule has 0 rings (SSSR count). The summed E-state index contributed by atoms with van der Waals surface area (Å²) in [6.07, 6.45) is 3.02. The van der Waals surface area contributed by atoms with E-state index in [1.54, 1.807) is 0 Å². The van der Waals surface area contributed by atoms with Gasteiger partial charge in [-0.05, 0) is 25.7 Å². The van der Waals surface area contributed by atoms with Crippen LogP contribution in [0.4, 0.5) is 4.79 Å². The highest BCUT2D eigenvalue weighted by molar-refractivity contribution is 5.86. The van der Waals surface area contributed by atoms with Crippen molar-refractivity contribution in [2.75, 3.05) is 73.0 Å². The smallest absolute Gasteiger partial charge is 0.326 e. The molecular weight excluding hydrogens is 654 g/mol. The maximum atomic E-state index is 12.1. The van der Waals surface area contributed by atoms with Crippen molar-refractivity contribution in [1.82, 2.24) is 26.6 Å². The molecule has 0 aromatic heterocycles. The summed E-state index contributed by atoms with van der Waals surface area (Å²) in [6.45, 7) is 3.51. The number of hydrogen-bond acceptors (Lipinski definition) is 11. The van der Waals surface area contributed by atoms with E-state index in [4.69, 9.17) is 29.2 Å². The number of aliphatic carboxylic acids is 3. The normalized spacial score (nSPS) is 11.9. The number of carboxylic acid groups (broad SMARTS) is 3. The Hall–Kier alpha value is -4.07. The number of methoxy groups -OCH3 is 1. The summed E-state index contributed by atoms with van der Waals surface area (Å²) < 4.78 is 20.8. The van der Waals surface area contributed by atoms with Crippen LogP contribution in [0.1, 0.15) is 64.2 Å². The Labute approximate surface area is 285 Å². The molecule has 0 aliphatic carbocycles.